The number of hydrogen-bond acceptors (Lipinski definition) is 5. The zero-order valence-electron chi connectivity index (χ0n) is 20.0. The SMILES string of the molecule is C/C=C\[C@@H]1CC[C@@H](C(=O)OCC[Si](C)(C)C)N1C(=O)CCC(=O)OCC[Si](C)(C)C. The molecule has 1 saturated heterocycles. The Labute approximate surface area is 184 Å². The molecule has 0 aromatic carbocycles. The van der Waals surface area contributed by atoms with Gasteiger partial charge < -0.3 is 14.4 Å². The van der Waals surface area contributed by atoms with Crippen molar-refractivity contribution in [3.63, 3.8) is 0 Å². The summed E-state index contributed by atoms with van der Waals surface area (Å²) in [5.74, 6) is -0.867. The molecule has 2 atom stereocenters. The Bertz CT molecular complexity index is 622. The van der Waals surface area contributed by atoms with Gasteiger partial charge in [-0.2, -0.15) is 0 Å². The highest BCUT2D eigenvalue weighted by atomic mass is 28.3. The maximum Gasteiger partial charge on any atom is 0.328 e. The topological polar surface area (TPSA) is 72.9 Å². The Hall–Kier alpha value is -1.42. The Balaban J connectivity index is 2.63. The monoisotopic (exact) mass is 455 g/mol. The van der Waals surface area contributed by atoms with Crippen LogP contribution in [-0.4, -0.2) is 64.2 Å². The van der Waals surface area contributed by atoms with Crippen molar-refractivity contribution in [1.82, 2.24) is 4.90 Å². The minimum atomic E-state index is -1.29. The summed E-state index contributed by atoms with van der Waals surface area (Å²) in [5.41, 5.74) is 0. The molecule has 0 aliphatic carbocycles. The van der Waals surface area contributed by atoms with E-state index in [9.17, 15) is 14.4 Å². The van der Waals surface area contributed by atoms with Crippen LogP contribution in [0.1, 0.15) is 32.6 Å². The van der Waals surface area contributed by atoms with Crippen LogP contribution in [0.5, 0.6) is 0 Å². The largest absolute Gasteiger partial charge is 0.466 e. The van der Waals surface area contributed by atoms with Crippen LogP contribution >= 0.6 is 0 Å². The number of amides is 1. The van der Waals surface area contributed by atoms with Gasteiger partial charge in [0.1, 0.15) is 6.04 Å². The van der Waals surface area contributed by atoms with Gasteiger partial charge >= 0.3 is 11.9 Å². The summed E-state index contributed by atoms with van der Waals surface area (Å²) in [5, 5.41) is 0. The maximum absolute atomic E-state index is 12.9. The molecule has 0 saturated carbocycles. The van der Waals surface area contributed by atoms with Crippen molar-refractivity contribution in [2.75, 3.05) is 13.2 Å². The summed E-state index contributed by atoms with van der Waals surface area (Å²) in [4.78, 5) is 39.2. The molecule has 6 nitrogen and oxygen atoms in total. The fourth-order valence-electron chi connectivity index (χ4n) is 3.27. The third-order valence-corrected chi connectivity index (χ3v) is 8.57. The zero-order valence-corrected chi connectivity index (χ0v) is 22.0. The Morgan fingerprint density at radius 1 is 0.900 bits per heavy atom. The van der Waals surface area contributed by atoms with E-state index in [0.717, 1.165) is 18.5 Å². The number of nitrogens with zero attached hydrogens (tertiary/aromatic N) is 1. The van der Waals surface area contributed by atoms with Crippen molar-refractivity contribution in [2.24, 2.45) is 0 Å². The first-order chi connectivity index (χ1) is 13.8. The summed E-state index contributed by atoms with van der Waals surface area (Å²) >= 11 is 0. The van der Waals surface area contributed by atoms with E-state index in [1.807, 2.05) is 19.1 Å². The number of rotatable bonds is 11. The number of ether oxygens (including phenoxy) is 2. The van der Waals surface area contributed by atoms with Gasteiger partial charge in [0.15, 0.2) is 0 Å². The second-order valence-electron chi connectivity index (χ2n) is 10.5. The standard InChI is InChI=1S/C22H41NO5Si2/c1-8-9-18-10-11-19(22(26)28-15-17-30(5,6)7)23(18)20(24)12-13-21(25)27-14-16-29(2,3)4/h8-9,18-19H,10-17H2,1-7H3/b9-8-/t18-,19+/m1/s1. The second kappa shape index (κ2) is 11.8. The molecule has 1 aliphatic rings. The lowest BCUT2D eigenvalue weighted by Gasteiger charge is -2.28. The van der Waals surface area contributed by atoms with E-state index in [4.69, 9.17) is 9.47 Å². The fraction of sp³-hybridized carbons (Fsp3) is 0.773. The van der Waals surface area contributed by atoms with Crippen LogP contribution in [0, 0.1) is 0 Å². The number of allylic oxidation sites excluding steroid dienone is 1. The van der Waals surface area contributed by atoms with Crippen LogP contribution in [-0.2, 0) is 23.9 Å². The third-order valence-electron chi connectivity index (χ3n) is 5.16. The van der Waals surface area contributed by atoms with E-state index in [2.05, 4.69) is 39.3 Å². The lowest BCUT2D eigenvalue weighted by molar-refractivity contribution is -0.154. The molecule has 8 heteroatoms. The quantitative estimate of drug-likeness (QED) is 0.261. The number of carbonyl (C=O) groups excluding carboxylic acids is 3. The molecule has 0 aromatic heterocycles. The van der Waals surface area contributed by atoms with Crippen LogP contribution in [0.4, 0.5) is 0 Å². The average molecular weight is 456 g/mol. The molecule has 1 rings (SSSR count). The van der Waals surface area contributed by atoms with Gasteiger partial charge in [-0.3, -0.25) is 9.59 Å². The zero-order chi connectivity index (χ0) is 22.9. The van der Waals surface area contributed by atoms with Crippen LogP contribution < -0.4 is 0 Å². The minimum Gasteiger partial charge on any atom is -0.466 e. The molecule has 1 amide bonds. The van der Waals surface area contributed by atoms with Gasteiger partial charge in [-0.15, -0.1) is 0 Å². The number of likely N-dealkylation sites (tertiary alicyclic amines) is 1. The van der Waals surface area contributed by atoms with E-state index >= 15 is 0 Å². The molecule has 1 aliphatic heterocycles. The number of carbonyl (C=O) groups is 3. The van der Waals surface area contributed by atoms with Crippen molar-refractivity contribution in [3.8, 4) is 0 Å². The molecule has 0 radical (unpaired) electrons. The first kappa shape index (κ1) is 26.6. The van der Waals surface area contributed by atoms with Gasteiger partial charge in [-0.1, -0.05) is 51.4 Å². The molecule has 30 heavy (non-hydrogen) atoms. The van der Waals surface area contributed by atoms with Gasteiger partial charge in [-0.05, 0) is 31.9 Å². The highest BCUT2D eigenvalue weighted by Crippen LogP contribution is 2.27. The van der Waals surface area contributed by atoms with E-state index in [-0.39, 0.29) is 36.7 Å². The van der Waals surface area contributed by atoms with Crippen molar-refractivity contribution in [1.29, 1.82) is 0 Å². The van der Waals surface area contributed by atoms with Crippen LogP contribution in [0.15, 0.2) is 12.2 Å². The maximum atomic E-state index is 12.9. The van der Waals surface area contributed by atoms with Gasteiger partial charge in [0.2, 0.25) is 5.91 Å². The third kappa shape index (κ3) is 10.1. The molecule has 0 N–H and O–H groups in total. The Morgan fingerprint density at radius 2 is 1.47 bits per heavy atom. The lowest BCUT2D eigenvalue weighted by atomic mass is 10.2. The van der Waals surface area contributed by atoms with Gasteiger partial charge in [-0.25, -0.2) is 4.79 Å². The fourth-order valence-corrected chi connectivity index (χ4v) is 4.70. The molecule has 0 bridgehead atoms. The van der Waals surface area contributed by atoms with Gasteiger partial charge in [0, 0.05) is 22.6 Å². The summed E-state index contributed by atoms with van der Waals surface area (Å²) in [6.45, 7) is 16.1. The van der Waals surface area contributed by atoms with E-state index in [0.29, 0.717) is 19.6 Å². The highest BCUT2D eigenvalue weighted by molar-refractivity contribution is 6.76. The van der Waals surface area contributed by atoms with E-state index in [1.54, 1.807) is 4.90 Å². The van der Waals surface area contributed by atoms with Crippen LogP contribution in [0.2, 0.25) is 51.4 Å². The summed E-state index contributed by atoms with van der Waals surface area (Å²) < 4.78 is 10.8. The molecule has 1 fully saturated rings. The number of hydrogen-bond donors (Lipinski definition) is 0. The van der Waals surface area contributed by atoms with Crippen LogP contribution in [0.25, 0.3) is 0 Å². The molecule has 1 heterocycles. The second-order valence-corrected chi connectivity index (χ2v) is 21.7. The summed E-state index contributed by atoms with van der Waals surface area (Å²) in [6, 6.07) is 1.12. The smallest absolute Gasteiger partial charge is 0.328 e. The summed E-state index contributed by atoms with van der Waals surface area (Å²) in [6.07, 6.45) is 5.26. The number of esters is 2. The predicted molar refractivity (Wildman–Crippen MR) is 126 cm³/mol. The first-order valence-corrected chi connectivity index (χ1v) is 18.5. The molecule has 0 aromatic rings. The molecule has 172 valence electrons. The van der Waals surface area contributed by atoms with Crippen molar-refractivity contribution in [3.05, 3.63) is 12.2 Å². The average Bonchev–Trinajstić information content (AvgIpc) is 3.01. The molecule has 0 spiro atoms. The Morgan fingerprint density at radius 3 is 2.00 bits per heavy atom. The molecular weight excluding hydrogens is 414 g/mol. The van der Waals surface area contributed by atoms with Gasteiger partial charge in [0.25, 0.3) is 0 Å². The van der Waals surface area contributed by atoms with E-state index < -0.39 is 22.2 Å². The minimum absolute atomic E-state index is 0.0426. The summed E-state index contributed by atoms with van der Waals surface area (Å²) in [7, 11) is -2.56. The van der Waals surface area contributed by atoms with Gasteiger partial charge in [0.05, 0.1) is 25.7 Å². The Kier molecular flexibility index (Phi) is 10.5. The van der Waals surface area contributed by atoms with Crippen LogP contribution in [0.3, 0.4) is 0 Å². The normalized spacial score (nSPS) is 19.9. The molecule has 0 unspecified atom stereocenters. The van der Waals surface area contributed by atoms with E-state index in [1.165, 1.54) is 0 Å². The van der Waals surface area contributed by atoms with Crippen molar-refractivity contribution >= 4 is 34.0 Å². The van der Waals surface area contributed by atoms with Crippen molar-refractivity contribution < 1.29 is 23.9 Å². The lowest BCUT2D eigenvalue weighted by Crippen LogP contribution is -2.45. The molecular formula is C22H41NO5Si2. The highest BCUT2D eigenvalue weighted by Gasteiger charge is 2.40. The first-order valence-electron chi connectivity index (χ1n) is 11.1. The predicted octanol–water partition coefficient (Wildman–Crippen LogP) is 4.47. The van der Waals surface area contributed by atoms with Crippen molar-refractivity contribution in [2.45, 2.75) is 96.1 Å².